The average molecular weight is 393 g/mol. The number of fused-ring (bicyclic) bond motifs is 2. The smallest absolute Gasteiger partial charge is 0.410 e. The molecule has 0 radical (unpaired) electrons. The van der Waals surface area contributed by atoms with Crippen LogP contribution in [-0.4, -0.2) is 54.8 Å². The van der Waals surface area contributed by atoms with Gasteiger partial charge in [0.2, 0.25) is 0 Å². The van der Waals surface area contributed by atoms with Gasteiger partial charge in [-0.25, -0.2) is 9.18 Å². The SMILES string of the molecule is COc1cc(F)cc(CC(=O)C2CC3COCC(C2)N3C(=O)OC(C)(C)C)c1. The van der Waals surface area contributed by atoms with Crippen LogP contribution in [0.1, 0.15) is 39.2 Å². The Morgan fingerprint density at radius 2 is 1.82 bits per heavy atom. The van der Waals surface area contributed by atoms with Gasteiger partial charge in [0.05, 0.1) is 32.4 Å². The molecule has 28 heavy (non-hydrogen) atoms. The first-order chi connectivity index (χ1) is 13.2. The number of ketones is 1. The minimum atomic E-state index is -0.574. The summed E-state index contributed by atoms with van der Waals surface area (Å²) in [5.74, 6) is -0.166. The molecule has 1 aromatic carbocycles. The van der Waals surface area contributed by atoms with Gasteiger partial charge in [-0.3, -0.25) is 9.69 Å². The number of carbonyl (C=O) groups excluding carboxylic acids is 2. The fraction of sp³-hybridized carbons (Fsp3) is 0.619. The maximum absolute atomic E-state index is 13.7. The Balaban J connectivity index is 1.68. The second kappa shape index (κ2) is 8.07. The van der Waals surface area contributed by atoms with Gasteiger partial charge in [0.1, 0.15) is 23.0 Å². The van der Waals surface area contributed by atoms with Crippen LogP contribution in [0.5, 0.6) is 5.75 Å². The normalized spacial score (nSPS) is 24.6. The molecule has 0 spiro atoms. The molecule has 0 aliphatic carbocycles. The number of hydrogen-bond donors (Lipinski definition) is 0. The van der Waals surface area contributed by atoms with E-state index in [2.05, 4.69) is 0 Å². The largest absolute Gasteiger partial charge is 0.497 e. The van der Waals surface area contributed by atoms with Crippen LogP contribution in [0.25, 0.3) is 0 Å². The summed E-state index contributed by atoms with van der Waals surface area (Å²) in [6.45, 7) is 6.29. The van der Waals surface area contributed by atoms with Crippen LogP contribution >= 0.6 is 0 Å². The van der Waals surface area contributed by atoms with Crippen molar-refractivity contribution in [2.24, 2.45) is 5.92 Å². The maximum Gasteiger partial charge on any atom is 0.410 e. The third-order valence-electron chi connectivity index (χ3n) is 5.13. The van der Waals surface area contributed by atoms with Gasteiger partial charge >= 0.3 is 6.09 Å². The van der Waals surface area contributed by atoms with E-state index in [9.17, 15) is 14.0 Å². The highest BCUT2D eigenvalue weighted by atomic mass is 19.1. The number of benzene rings is 1. The minimum absolute atomic E-state index is 0.0494. The summed E-state index contributed by atoms with van der Waals surface area (Å²) in [5, 5.41) is 0. The Bertz CT molecular complexity index is 731. The number of carbonyl (C=O) groups is 2. The quantitative estimate of drug-likeness (QED) is 0.785. The highest BCUT2D eigenvalue weighted by Crippen LogP contribution is 2.34. The van der Waals surface area contributed by atoms with Crippen LogP contribution < -0.4 is 4.74 Å². The predicted octanol–water partition coefficient (Wildman–Crippen LogP) is 3.36. The number of ether oxygens (including phenoxy) is 3. The highest BCUT2D eigenvalue weighted by Gasteiger charge is 2.44. The molecule has 0 aromatic heterocycles. The molecule has 6 nitrogen and oxygen atoms in total. The number of morpholine rings is 1. The van der Waals surface area contributed by atoms with Crippen LogP contribution in [0.3, 0.4) is 0 Å². The minimum Gasteiger partial charge on any atom is -0.497 e. The summed E-state index contributed by atoms with van der Waals surface area (Å²) in [6, 6.07) is 3.97. The average Bonchev–Trinajstić information content (AvgIpc) is 2.58. The third-order valence-corrected chi connectivity index (χ3v) is 5.13. The summed E-state index contributed by atoms with van der Waals surface area (Å²) in [6.07, 6.45) is 0.847. The molecule has 1 amide bonds. The van der Waals surface area contributed by atoms with Crippen LogP contribution in [0.15, 0.2) is 18.2 Å². The molecule has 1 aromatic rings. The Kier molecular flexibility index (Phi) is 5.93. The van der Waals surface area contributed by atoms with Gasteiger partial charge in [-0.1, -0.05) is 0 Å². The molecular formula is C21H28FNO5. The van der Waals surface area contributed by atoms with E-state index >= 15 is 0 Å². The van der Waals surface area contributed by atoms with Crippen molar-refractivity contribution in [3.8, 4) is 5.75 Å². The van der Waals surface area contributed by atoms with Gasteiger partial charge in [0, 0.05) is 18.4 Å². The Labute approximate surface area is 164 Å². The zero-order valence-corrected chi connectivity index (χ0v) is 16.9. The number of amides is 1. The zero-order valence-electron chi connectivity index (χ0n) is 16.9. The van der Waals surface area contributed by atoms with E-state index in [1.165, 1.54) is 19.2 Å². The fourth-order valence-corrected chi connectivity index (χ4v) is 3.98. The Hall–Kier alpha value is -2.15. The lowest BCUT2D eigenvalue weighted by Crippen LogP contribution is -2.60. The molecule has 2 heterocycles. The summed E-state index contributed by atoms with van der Waals surface area (Å²) >= 11 is 0. The molecule has 2 bridgehead atoms. The molecule has 2 aliphatic rings. The van der Waals surface area contributed by atoms with Crippen molar-refractivity contribution in [2.45, 2.75) is 57.7 Å². The standard InChI is InChI=1S/C21H28FNO5/c1-21(2,3)28-20(25)23-16-8-14(9-17(23)12-27-11-16)19(24)7-13-5-15(22)10-18(6-13)26-4/h5-6,10,14,16-17H,7-9,11-12H2,1-4H3. The number of hydrogen-bond acceptors (Lipinski definition) is 5. The van der Waals surface area contributed by atoms with Crippen molar-refractivity contribution in [1.29, 1.82) is 0 Å². The summed E-state index contributed by atoms with van der Waals surface area (Å²) < 4.78 is 29.9. The monoisotopic (exact) mass is 393 g/mol. The second-order valence-corrected chi connectivity index (χ2v) is 8.54. The zero-order chi connectivity index (χ0) is 20.5. The van der Waals surface area contributed by atoms with E-state index in [1.807, 2.05) is 20.8 Å². The summed E-state index contributed by atoms with van der Waals surface area (Å²) in [5.41, 5.74) is 0.0212. The van der Waals surface area contributed by atoms with Gasteiger partial charge < -0.3 is 14.2 Å². The van der Waals surface area contributed by atoms with E-state index in [0.29, 0.717) is 37.4 Å². The van der Waals surface area contributed by atoms with Gasteiger partial charge in [0.15, 0.2) is 0 Å². The lowest BCUT2D eigenvalue weighted by Gasteiger charge is -2.47. The van der Waals surface area contributed by atoms with Crippen molar-refractivity contribution in [1.82, 2.24) is 4.90 Å². The Morgan fingerprint density at radius 1 is 1.18 bits per heavy atom. The molecular weight excluding hydrogens is 365 g/mol. The molecule has 2 unspecified atom stereocenters. The molecule has 154 valence electrons. The molecule has 0 saturated carbocycles. The molecule has 7 heteroatoms. The predicted molar refractivity (Wildman–Crippen MR) is 101 cm³/mol. The molecule has 2 fully saturated rings. The second-order valence-electron chi connectivity index (χ2n) is 8.54. The van der Waals surface area contributed by atoms with Crippen LogP contribution in [-0.2, 0) is 20.7 Å². The molecule has 2 aliphatic heterocycles. The number of piperidine rings is 1. The third kappa shape index (κ3) is 4.82. The molecule has 2 saturated heterocycles. The van der Waals surface area contributed by atoms with Gasteiger partial charge in [0.25, 0.3) is 0 Å². The Morgan fingerprint density at radius 3 is 2.39 bits per heavy atom. The van der Waals surface area contributed by atoms with Crippen molar-refractivity contribution >= 4 is 11.9 Å². The van der Waals surface area contributed by atoms with Crippen molar-refractivity contribution in [3.05, 3.63) is 29.6 Å². The van der Waals surface area contributed by atoms with Gasteiger partial charge in [-0.15, -0.1) is 0 Å². The highest BCUT2D eigenvalue weighted by molar-refractivity contribution is 5.84. The van der Waals surface area contributed by atoms with Crippen molar-refractivity contribution < 1.29 is 28.2 Å². The topological polar surface area (TPSA) is 65.1 Å². The maximum atomic E-state index is 13.7. The number of nitrogens with zero attached hydrogens (tertiary/aromatic N) is 1. The van der Waals surface area contributed by atoms with E-state index in [0.717, 1.165) is 0 Å². The van der Waals surface area contributed by atoms with Gasteiger partial charge in [-0.2, -0.15) is 0 Å². The molecule has 2 atom stereocenters. The number of methoxy groups -OCH3 is 1. The lowest BCUT2D eigenvalue weighted by molar-refractivity contribution is -0.131. The number of rotatable bonds is 4. The first-order valence-electron chi connectivity index (χ1n) is 9.61. The van der Waals surface area contributed by atoms with Crippen LogP contribution in [0.2, 0.25) is 0 Å². The summed E-state index contributed by atoms with van der Waals surface area (Å²) in [7, 11) is 1.47. The molecule has 3 rings (SSSR count). The van der Waals surface area contributed by atoms with E-state index < -0.39 is 11.4 Å². The first-order valence-corrected chi connectivity index (χ1v) is 9.61. The molecule has 0 N–H and O–H groups in total. The van der Waals surface area contributed by atoms with Crippen LogP contribution in [0.4, 0.5) is 9.18 Å². The van der Waals surface area contributed by atoms with Gasteiger partial charge in [-0.05, 0) is 51.3 Å². The lowest BCUT2D eigenvalue weighted by atomic mass is 9.81. The number of Topliss-reactive ketones (excluding diaryl/α,β-unsaturated/α-hetero) is 1. The first kappa shape index (κ1) is 20.6. The van der Waals surface area contributed by atoms with Crippen molar-refractivity contribution in [2.75, 3.05) is 20.3 Å². The fourth-order valence-electron chi connectivity index (χ4n) is 3.98. The van der Waals surface area contributed by atoms with E-state index in [4.69, 9.17) is 14.2 Å². The number of halogens is 1. The van der Waals surface area contributed by atoms with E-state index in [1.54, 1.807) is 11.0 Å². The van der Waals surface area contributed by atoms with E-state index in [-0.39, 0.29) is 36.3 Å². The summed E-state index contributed by atoms with van der Waals surface area (Å²) in [4.78, 5) is 27.2. The van der Waals surface area contributed by atoms with Crippen LogP contribution in [0, 0.1) is 11.7 Å². The van der Waals surface area contributed by atoms with Crippen molar-refractivity contribution in [3.63, 3.8) is 0 Å².